The van der Waals surface area contributed by atoms with E-state index in [0.717, 1.165) is 23.5 Å². The Hall–Kier alpha value is -3.34. The predicted molar refractivity (Wildman–Crippen MR) is 104 cm³/mol. The molecule has 0 aliphatic carbocycles. The molecule has 0 N–H and O–H groups in total. The Labute approximate surface area is 153 Å². The molecule has 5 nitrogen and oxygen atoms in total. The summed E-state index contributed by atoms with van der Waals surface area (Å²) in [7, 11) is 0. The van der Waals surface area contributed by atoms with Crippen LogP contribution in [-0.2, 0) is 6.54 Å². The minimum Gasteiger partial charge on any atom is -0.242 e. The minimum atomic E-state index is 0.568. The highest BCUT2D eigenvalue weighted by atomic mass is 15.7. The molecule has 0 unspecified atom stereocenters. The highest BCUT2D eigenvalue weighted by Gasteiger charge is 2.24. The maximum Gasteiger partial charge on any atom is 0.205 e. The smallest absolute Gasteiger partial charge is 0.205 e. The van der Waals surface area contributed by atoms with E-state index in [1.54, 1.807) is 0 Å². The highest BCUT2D eigenvalue weighted by Crippen LogP contribution is 2.22. The van der Waals surface area contributed by atoms with Crippen molar-refractivity contribution >= 4 is 17.2 Å². The van der Waals surface area contributed by atoms with E-state index in [4.69, 9.17) is 10.5 Å². The third kappa shape index (κ3) is 3.37. The largest absolute Gasteiger partial charge is 0.242 e. The number of hydrazone groups is 1. The van der Waals surface area contributed by atoms with Crippen molar-refractivity contribution in [2.75, 3.05) is 16.7 Å². The van der Waals surface area contributed by atoms with Gasteiger partial charge >= 0.3 is 0 Å². The molecular formula is C21H21N5+. The molecule has 0 saturated carbocycles. The van der Waals surface area contributed by atoms with Gasteiger partial charge in [0, 0.05) is 6.07 Å². The summed E-state index contributed by atoms with van der Waals surface area (Å²) in [5.74, 6) is 0.701. The first-order valence-electron chi connectivity index (χ1n) is 8.78. The van der Waals surface area contributed by atoms with Gasteiger partial charge in [-0.05, 0) is 37.3 Å². The lowest BCUT2D eigenvalue weighted by Gasteiger charge is -2.34. The van der Waals surface area contributed by atoms with Gasteiger partial charge < -0.3 is 0 Å². The van der Waals surface area contributed by atoms with Gasteiger partial charge in [0.2, 0.25) is 5.84 Å². The summed E-state index contributed by atoms with van der Waals surface area (Å²) in [6.07, 6.45) is 4.14. The van der Waals surface area contributed by atoms with Crippen LogP contribution in [0.15, 0.2) is 90.3 Å². The lowest BCUT2D eigenvalue weighted by atomic mass is 10.2. The van der Waals surface area contributed by atoms with Crippen LogP contribution in [0.1, 0.15) is 12.5 Å². The van der Waals surface area contributed by atoms with Crippen LogP contribution in [0.2, 0.25) is 0 Å². The average molecular weight is 343 g/mol. The molecule has 2 heterocycles. The van der Waals surface area contributed by atoms with Gasteiger partial charge in [-0.2, -0.15) is 0 Å². The molecule has 1 aromatic heterocycles. The number of anilines is 2. The lowest BCUT2D eigenvalue weighted by Crippen LogP contribution is -2.49. The molecule has 0 saturated heterocycles. The zero-order valence-corrected chi connectivity index (χ0v) is 14.7. The standard InChI is InChI=1S/C21H21N5/c1-2-24-15-9-10-18(16-24)21-22-25(19-11-5-3-6-12-19)17-26(23-21)20-13-7-4-8-14-20/h3-16H,2,17H2,1H3/q+1. The molecule has 4 rings (SSSR count). The number of amidine groups is 1. The van der Waals surface area contributed by atoms with Gasteiger partial charge in [0.15, 0.2) is 12.4 Å². The first kappa shape index (κ1) is 16.1. The summed E-state index contributed by atoms with van der Waals surface area (Å²) in [6, 6.07) is 24.5. The SMILES string of the molecule is CC[n+]1cccc(C2=NN(c3ccccc3)CN(c3ccccc3)[N]2)c1. The van der Waals surface area contributed by atoms with Crippen LogP contribution < -0.4 is 20.0 Å². The van der Waals surface area contributed by atoms with Gasteiger partial charge in [0.25, 0.3) is 0 Å². The molecule has 0 bridgehead atoms. The Morgan fingerprint density at radius 3 is 2.15 bits per heavy atom. The zero-order valence-electron chi connectivity index (χ0n) is 14.7. The molecule has 1 radical (unpaired) electrons. The fourth-order valence-corrected chi connectivity index (χ4v) is 2.88. The molecule has 129 valence electrons. The van der Waals surface area contributed by atoms with Crippen LogP contribution in [0.3, 0.4) is 0 Å². The molecule has 1 aliphatic heterocycles. The molecule has 1 aliphatic rings. The van der Waals surface area contributed by atoms with Crippen molar-refractivity contribution in [3.8, 4) is 0 Å². The number of rotatable bonds is 4. The van der Waals surface area contributed by atoms with Gasteiger partial charge in [-0.1, -0.05) is 36.4 Å². The van der Waals surface area contributed by atoms with E-state index >= 15 is 0 Å². The number of aryl methyl sites for hydroxylation is 1. The number of nitrogens with zero attached hydrogens (tertiary/aromatic N) is 5. The molecule has 5 heteroatoms. The van der Waals surface area contributed by atoms with Crippen LogP contribution in [0.25, 0.3) is 0 Å². The molecule has 3 aromatic rings. The number of hydrogen-bond acceptors (Lipinski definition) is 3. The quantitative estimate of drug-likeness (QED) is 0.683. The summed E-state index contributed by atoms with van der Waals surface area (Å²) >= 11 is 0. The third-order valence-electron chi connectivity index (χ3n) is 4.29. The number of para-hydroxylation sites is 2. The first-order chi connectivity index (χ1) is 12.8. The van der Waals surface area contributed by atoms with Crippen LogP contribution in [0.4, 0.5) is 11.4 Å². The second kappa shape index (κ2) is 7.27. The second-order valence-electron chi connectivity index (χ2n) is 6.06. The Bertz CT molecular complexity index is 893. The Morgan fingerprint density at radius 1 is 0.846 bits per heavy atom. The zero-order chi connectivity index (χ0) is 17.8. The van der Waals surface area contributed by atoms with Crippen molar-refractivity contribution < 1.29 is 4.57 Å². The Balaban J connectivity index is 1.73. The summed E-state index contributed by atoms with van der Waals surface area (Å²) < 4.78 is 2.13. The van der Waals surface area contributed by atoms with Crippen molar-refractivity contribution in [3.63, 3.8) is 0 Å². The van der Waals surface area contributed by atoms with Gasteiger partial charge in [-0.25, -0.2) is 14.6 Å². The van der Waals surface area contributed by atoms with E-state index < -0.39 is 0 Å². The predicted octanol–water partition coefficient (Wildman–Crippen LogP) is 3.16. The maximum atomic E-state index is 4.80. The topological polar surface area (TPSA) is 36.8 Å². The van der Waals surface area contributed by atoms with Crippen molar-refractivity contribution in [1.82, 2.24) is 5.43 Å². The highest BCUT2D eigenvalue weighted by molar-refractivity contribution is 6.00. The summed E-state index contributed by atoms with van der Waals surface area (Å²) in [5, 5.41) is 8.77. The van der Waals surface area contributed by atoms with E-state index in [0.29, 0.717) is 12.5 Å². The molecule has 0 atom stereocenters. The van der Waals surface area contributed by atoms with Gasteiger partial charge in [0.1, 0.15) is 13.2 Å². The van der Waals surface area contributed by atoms with Crippen LogP contribution >= 0.6 is 0 Å². The number of hydrogen-bond donors (Lipinski definition) is 0. The fourth-order valence-electron chi connectivity index (χ4n) is 2.88. The number of aromatic nitrogens is 1. The van der Waals surface area contributed by atoms with Gasteiger partial charge in [-0.3, -0.25) is 0 Å². The van der Waals surface area contributed by atoms with Crippen molar-refractivity contribution in [1.29, 1.82) is 0 Å². The normalized spacial score (nSPS) is 14.0. The molecular weight excluding hydrogens is 322 g/mol. The van der Waals surface area contributed by atoms with Crippen molar-refractivity contribution in [3.05, 3.63) is 90.8 Å². The van der Waals surface area contributed by atoms with Crippen LogP contribution in [0, 0.1) is 0 Å². The monoisotopic (exact) mass is 343 g/mol. The third-order valence-corrected chi connectivity index (χ3v) is 4.29. The van der Waals surface area contributed by atoms with E-state index in [2.05, 4.69) is 48.1 Å². The first-order valence-corrected chi connectivity index (χ1v) is 8.78. The molecule has 0 amide bonds. The van der Waals surface area contributed by atoms with Gasteiger partial charge in [-0.15, -0.1) is 10.5 Å². The Morgan fingerprint density at radius 2 is 1.50 bits per heavy atom. The van der Waals surface area contributed by atoms with E-state index in [1.807, 2.05) is 58.5 Å². The van der Waals surface area contributed by atoms with Gasteiger partial charge in [0.05, 0.1) is 16.9 Å². The van der Waals surface area contributed by atoms with E-state index in [9.17, 15) is 0 Å². The number of pyridine rings is 1. The van der Waals surface area contributed by atoms with E-state index in [-0.39, 0.29) is 0 Å². The van der Waals surface area contributed by atoms with Crippen molar-refractivity contribution in [2.45, 2.75) is 13.5 Å². The maximum absolute atomic E-state index is 4.80. The Kier molecular flexibility index (Phi) is 4.51. The summed E-state index contributed by atoms with van der Waals surface area (Å²) in [4.78, 5) is 0. The molecule has 26 heavy (non-hydrogen) atoms. The van der Waals surface area contributed by atoms with Crippen LogP contribution in [0.5, 0.6) is 0 Å². The summed E-state index contributed by atoms with van der Waals surface area (Å²) in [5.41, 5.74) is 7.88. The molecule has 2 aromatic carbocycles. The molecule has 0 fully saturated rings. The van der Waals surface area contributed by atoms with Crippen molar-refractivity contribution in [2.24, 2.45) is 5.10 Å². The second-order valence-corrected chi connectivity index (χ2v) is 6.06. The summed E-state index contributed by atoms with van der Waals surface area (Å²) in [6.45, 7) is 3.60. The fraction of sp³-hybridized carbons (Fsp3) is 0.143. The van der Waals surface area contributed by atoms with E-state index in [1.165, 1.54) is 0 Å². The molecule has 0 spiro atoms. The lowest BCUT2D eigenvalue weighted by molar-refractivity contribution is -0.693. The average Bonchev–Trinajstić information content (AvgIpc) is 2.75. The minimum absolute atomic E-state index is 0.568. The van der Waals surface area contributed by atoms with Crippen LogP contribution in [-0.4, -0.2) is 12.5 Å². The number of benzene rings is 2.